The average molecular weight is 590 g/mol. The van der Waals surface area contributed by atoms with Crippen LogP contribution in [0.2, 0.25) is 0 Å². The fourth-order valence-electron chi connectivity index (χ4n) is 2.77. The molecule has 1 aromatic rings. The zero-order valence-electron chi connectivity index (χ0n) is 19.3. The Kier molecular flexibility index (Phi) is 10.8. The summed E-state index contributed by atoms with van der Waals surface area (Å²) in [7, 11) is -16.7. The van der Waals surface area contributed by atoms with Gasteiger partial charge in [0.2, 0.25) is 0 Å². The Hall–Kier alpha value is -1.96. The maximum Gasteiger partial charge on any atom is 0.490 e. The second-order valence-corrected chi connectivity index (χ2v) is 11.9. The van der Waals surface area contributed by atoms with Gasteiger partial charge in [0, 0.05) is 19.0 Å². The summed E-state index contributed by atoms with van der Waals surface area (Å²) >= 11 is 0. The Morgan fingerprint density at radius 2 is 1.92 bits per heavy atom. The number of oxime groups is 1. The number of phosphoric ester groups is 1. The standard InChI is InChI=1S/C16H25N4O14P3/c1-10(2)19-32-12-7-14(20-8-11(5-3-4-6-21)15(17)18-16(20)22)31-13(12)9-30-36(26,27)34-37(28,29)33-35(23,24)25/h8,12-14,21H,4,6-7,9H2,1-2H3,(H,26,27)(H,28,29)(H2,17,18,22)(H2,23,24,25)/t12?,13-,14-/m1/s1. The lowest BCUT2D eigenvalue weighted by atomic mass is 10.2. The smallest absolute Gasteiger partial charge is 0.395 e. The molecule has 0 radical (unpaired) electrons. The number of anilines is 1. The summed E-state index contributed by atoms with van der Waals surface area (Å²) in [5.74, 6) is 5.13. The van der Waals surface area contributed by atoms with Crippen LogP contribution in [0.15, 0.2) is 16.1 Å². The van der Waals surface area contributed by atoms with Gasteiger partial charge in [-0.3, -0.25) is 9.09 Å². The Balaban J connectivity index is 2.24. The van der Waals surface area contributed by atoms with E-state index in [2.05, 4.69) is 35.1 Å². The fraction of sp³-hybridized carbons (Fsp3) is 0.562. The first kappa shape index (κ1) is 31.3. The van der Waals surface area contributed by atoms with E-state index in [1.807, 2.05) is 0 Å². The van der Waals surface area contributed by atoms with Gasteiger partial charge >= 0.3 is 29.2 Å². The van der Waals surface area contributed by atoms with Crippen LogP contribution >= 0.6 is 23.5 Å². The van der Waals surface area contributed by atoms with Gasteiger partial charge in [0.05, 0.1) is 24.5 Å². The lowest BCUT2D eigenvalue weighted by Crippen LogP contribution is -2.29. The molecule has 3 unspecified atom stereocenters. The van der Waals surface area contributed by atoms with Gasteiger partial charge in [0.25, 0.3) is 0 Å². The van der Waals surface area contributed by atoms with Crippen molar-refractivity contribution in [1.29, 1.82) is 0 Å². The lowest BCUT2D eigenvalue weighted by Gasteiger charge is -2.20. The fourth-order valence-corrected chi connectivity index (χ4v) is 5.80. The first-order valence-corrected chi connectivity index (χ1v) is 14.6. The molecule has 0 saturated carbocycles. The van der Waals surface area contributed by atoms with Crippen molar-refractivity contribution in [3.63, 3.8) is 0 Å². The van der Waals surface area contributed by atoms with Crippen LogP contribution in [0.1, 0.15) is 38.5 Å². The molecule has 1 saturated heterocycles. The highest BCUT2D eigenvalue weighted by molar-refractivity contribution is 7.66. The van der Waals surface area contributed by atoms with Gasteiger partial charge in [-0.05, 0) is 13.8 Å². The minimum absolute atomic E-state index is 0.0593. The maximum atomic E-state index is 12.4. The molecule has 1 fully saturated rings. The number of nitrogen functional groups attached to an aromatic ring is 1. The molecule has 0 aliphatic carbocycles. The SMILES string of the molecule is CC(C)=NOC1C[C@H](n2cc(C#CCCO)c(N)nc2=O)O[C@@H]1COP(=O)(O)OP(=O)(O)OP(=O)(O)O. The topological polar surface area (TPSA) is 272 Å². The average Bonchev–Trinajstić information content (AvgIpc) is 3.12. The molecule has 0 aromatic carbocycles. The Morgan fingerprint density at radius 1 is 1.24 bits per heavy atom. The van der Waals surface area contributed by atoms with Crippen molar-refractivity contribution in [2.24, 2.45) is 5.16 Å². The number of hydrogen-bond donors (Lipinski definition) is 6. The number of aromatic nitrogens is 2. The first-order chi connectivity index (χ1) is 17.0. The van der Waals surface area contributed by atoms with Crippen LogP contribution in [0.4, 0.5) is 5.82 Å². The number of ether oxygens (including phenoxy) is 1. The minimum atomic E-state index is -5.72. The molecular weight excluding hydrogens is 565 g/mol. The molecule has 2 rings (SSSR count). The second-order valence-electron chi connectivity index (χ2n) is 7.44. The molecule has 1 aromatic heterocycles. The van der Waals surface area contributed by atoms with Gasteiger partial charge < -0.3 is 40.0 Å². The van der Waals surface area contributed by atoms with E-state index in [9.17, 15) is 28.3 Å². The summed E-state index contributed by atoms with van der Waals surface area (Å²) in [5.41, 5.74) is 5.55. The maximum absolute atomic E-state index is 12.4. The molecule has 0 bridgehead atoms. The third-order valence-corrected chi connectivity index (χ3v) is 7.92. The predicted molar refractivity (Wildman–Crippen MR) is 123 cm³/mol. The predicted octanol–water partition coefficient (Wildman–Crippen LogP) is -0.0288. The largest absolute Gasteiger partial charge is 0.490 e. The van der Waals surface area contributed by atoms with Gasteiger partial charge in [0.1, 0.15) is 18.1 Å². The molecule has 5 atom stereocenters. The van der Waals surface area contributed by atoms with E-state index in [-0.39, 0.29) is 30.8 Å². The zero-order valence-corrected chi connectivity index (χ0v) is 22.0. The first-order valence-electron chi connectivity index (χ1n) is 10.1. The quantitative estimate of drug-likeness (QED) is 0.0854. The molecule has 2 heterocycles. The number of aliphatic hydroxyl groups is 1. The monoisotopic (exact) mass is 590 g/mol. The molecule has 18 nitrogen and oxygen atoms in total. The summed E-state index contributed by atoms with van der Waals surface area (Å²) in [4.78, 5) is 57.7. The lowest BCUT2D eigenvalue weighted by molar-refractivity contribution is -0.0604. The van der Waals surface area contributed by atoms with E-state index in [4.69, 9.17) is 30.2 Å². The Morgan fingerprint density at radius 3 is 2.51 bits per heavy atom. The second kappa shape index (κ2) is 12.7. The molecule has 37 heavy (non-hydrogen) atoms. The third kappa shape index (κ3) is 10.4. The van der Waals surface area contributed by atoms with E-state index in [0.717, 1.165) is 4.57 Å². The van der Waals surface area contributed by atoms with Crippen LogP contribution in [0.25, 0.3) is 0 Å². The number of phosphoric acid groups is 3. The molecule has 0 spiro atoms. The van der Waals surface area contributed by atoms with Gasteiger partial charge in [-0.15, -0.1) is 0 Å². The summed E-state index contributed by atoms with van der Waals surface area (Å²) in [5, 5.41) is 12.7. The Bertz CT molecular complexity index is 1260. The normalized spacial score (nSPS) is 22.8. The summed E-state index contributed by atoms with van der Waals surface area (Å²) < 4.78 is 53.0. The van der Waals surface area contributed by atoms with Gasteiger partial charge in [-0.2, -0.15) is 13.6 Å². The van der Waals surface area contributed by atoms with E-state index >= 15 is 0 Å². The van der Waals surface area contributed by atoms with Crippen molar-refractivity contribution in [2.75, 3.05) is 18.9 Å². The molecule has 7 N–H and O–H groups in total. The van der Waals surface area contributed by atoms with E-state index in [1.165, 1.54) is 6.20 Å². The minimum Gasteiger partial charge on any atom is -0.395 e. The number of aliphatic hydroxyl groups excluding tert-OH is 1. The molecule has 208 valence electrons. The molecule has 0 amide bonds. The van der Waals surface area contributed by atoms with E-state index in [1.54, 1.807) is 13.8 Å². The molecule has 1 aliphatic rings. The van der Waals surface area contributed by atoms with Crippen molar-refractivity contribution in [1.82, 2.24) is 9.55 Å². The summed E-state index contributed by atoms with van der Waals surface area (Å²) in [6, 6.07) is 0. The van der Waals surface area contributed by atoms with Crippen molar-refractivity contribution >= 4 is 35.0 Å². The van der Waals surface area contributed by atoms with Gasteiger partial charge in [-0.25, -0.2) is 18.5 Å². The van der Waals surface area contributed by atoms with Crippen LogP contribution in [0, 0.1) is 11.8 Å². The van der Waals surface area contributed by atoms with Crippen LogP contribution in [0.3, 0.4) is 0 Å². The van der Waals surface area contributed by atoms with Gasteiger partial charge in [-0.1, -0.05) is 17.0 Å². The Labute approximate surface area is 209 Å². The number of nitrogens with two attached hydrogens (primary N) is 1. The van der Waals surface area contributed by atoms with Crippen LogP contribution in [0.5, 0.6) is 0 Å². The van der Waals surface area contributed by atoms with E-state index < -0.39 is 54.2 Å². The van der Waals surface area contributed by atoms with Crippen molar-refractivity contribution in [2.45, 2.75) is 45.1 Å². The summed E-state index contributed by atoms with van der Waals surface area (Å²) in [6.45, 7) is 2.20. The highest BCUT2D eigenvalue weighted by Crippen LogP contribution is 2.66. The van der Waals surface area contributed by atoms with Crippen LogP contribution in [-0.4, -0.2) is 65.4 Å². The number of nitrogens with zero attached hydrogens (tertiary/aromatic N) is 3. The third-order valence-electron chi connectivity index (χ3n) is 4.12. The summed E-state index contributed by atoms with van der Waals surface area (Å²) in [6.07, 6.45) is -1.94. The van der Waals surface area contributed by atoms with Crippen molar-refractivity contribution in [3.8, 4) is 11.8 Å². The van der Waals surface area contributed by atoms with Gasteiger partial charge in [0.15, 0.2) is 6.10 Å². The molecular formula is C16H25N4O14P3. The van der Waals surface area contributed by atoms with E-state index in [0.29, 0.717) is 5.71 Å². The molecule has 21 heteroatoms. The van der Waals surface area contributed by atoms with Crippen LogP contribution in [-0.2, 0) is 36.4 Å². The molecule has 1 aliphatic heterocycles. The number of hydrogen-bond acceptors (Lipinski definition) is 13. The van der Waals surface area contributed by atoms with Crippen LogP contribution < -0.4 is 11.4 Å². The highest BCUT2D eigenvalue weighted by Gasteiger charge is 2.44. The van der Waals surface area contributed by atoms with Crippen molar-refractivity contribution in [3.05, 3.63) is 22.2 Å². The highest BCUT2D eigenvalue weighted by atomic mass is 31.3. The van der Waals surface area contributed by atoms with Crippen molar-refractivity contribution < 1.29 is 61.1 Å². The number of rotatable bonds is 11. The zero-order chi connectivity index (χ0) is 28.0.